The topological polar surface area (TPSA) is 54.4 Å². The molecule has 3 nitrogen and oxygen atoms in total. The molecule has 3 heteroatoms. The number of aliphatic hydroxyl groups is 1. The second kappa shape index (κ2) is 15.7. The van der Waals surface area contributed by atoms with Crippen LogP contribution >= 0.6 is 0 Å². The summed E-state index contributed by atoms with van der Waals surface area (Å²) < 4.78 is 0. The lowest BCUT2D eigenvalue weighted by Gasteiger charge is -2.13. The van der Waals surface area contributed by atoms with E-state index in [4.69, 9.17) is 0 Å². The minimum absolute atomic E-state index is 0.0299. The summed E-state index contributed by atoms with van der Waals surface area (Å²) >= 11 is 0. The molecular formula is C24H40O3. The fourth-order valence-electron chi connectivity index (χ4n) is 3.63. The molecule has 0 bridgehead atoms. The minimum Gasteiger partial charge on any atom is -0.511 e. The zero-order valence-corrected chi connectivity index (χ0v) is 17.4. The highest BCUT2D eigenvalue weighted by Crippen LogP contribution is 2.22. The first-order chi connectivity index (χ1) is 13.2. The van der Waals surface area contributed by atoms with Gasteiger partial charge < -0.3 is 5.11 Å². The van der Waals surface area contributed by atoms with E-state index in [1.807, 2.05) is 0 Å². The van der Waals surface area contributed by atoms with Crippen molar-refractivity contribution in [3.63, 3.8) is 0 Å². The quantitative estimate of drug-likeness (QED) is 0.108. The van der Waals surface area contributed by atoms with Crippen LogP contribution in [-0.2, 0) is 9.59 Å². The number of carbonyl (C=O) groups is 2. The molecule has 0 aliphatic heterocycles. The van der Waals surface area contributed by atoms with Crippen LogP contribution in [0.2, 0.25) is 0 Å². The first-order valence-electron chi connectivity index (χ1n) is 11.3. The molecule has 0 heterocycles. The Morgan fingerprint density at radius 2 is 1.26 bits per heavy atom. The standard InChI is InChI=1S/C24H40O3/c1-2-3-4-5-6-7-8-9-10-11-12-13-14-15-16-18-21(25)24-22(26)19-17-20-23(24)27/h9-10,25H,2-8,11-20H2,1H3. The molecule has 1 rings (SSSR count). The van der Waals surface area contributed by atoms with Crippen LogP contribution in [0, 0.1) is 0 Å². The van der Waals surface area contributed by atoms with E-state index in [9.17, 15) is 14.7 Å². The van der Waals surface area contributed by atoms with Crippen molar-refractivity contribution in [1.82, 2.24) is 0 Å². The molecule has 0 radical (unpaired) electrons. The van der Waals surface area contributed by atoms with E-state index in [-0.39, 0.29) is 22.9 Å². The van der Waals surface area contributed by atoms with Gasteiger partial charge >= 0.3 is 0 Å². The zero-order chi connectivity index (χ0) is 19.7. The van der Waals surface area contributed by atoms with E-state index < -0.39 is 0 Å². The van der Waals surface area contributed by atoms with Crippen LogP contribution < -0.4 is 0 Å². The van der Waals surface area contributed by atoms with Crippen molar-refractivity contribution >= 4 is 11.6 Å². The zero-order valence-electron chi connectivity index (χ0n) is 17.4. The van der Waals surface area contributed by atoms with Gasteiger partial charge in [-0.25, -0.2) is 0 Å². The molecule has 0 aromatic heterocycles. The molecular weight excluding hydrogens is 336 g/mol. The van der Waals surface area contributed by atoms with Crippen LogP contribution in [0.1, 0.15) is 116 Å². The van der Waals surface area contributed by atoms with Crippen molar-refractivity contribution < 1.29 is 14.7 Å². The molecule has 0 unspecified atom stereocenters. The predicted octanol–water partition coefficient (Wildman–Crippen LogP) is 7.16. The predicted molar refractivity (Wildman–Crippen MR) is 113 cm³/mol. The van der Waals surface area contributed by atoms with Gasteiger partial charge in [0.05, 0.1) is 5.57 Å². The van der Waals surface area contributed by atoms with Gasteiger partial charge in [0.1, 0.15) is 5.76 Å². The summed E-state index contributed by atoms with van der Waals surface area (Å²) in [5, 5.41) is 10.0. The Bertz CT molecular complexity index is 470. The summed E-state index contributed by atoms with van der Waals surface area (Å²) in [6.45, 7) is 2.26. The number of carbonyl (C=O) groups excluding carboxylic acids is 2. The molecule has 1 saturated carbocycles. The van der Waals surface area contributed by atoms with Crippen LogP contribution in [0.25, 0.3) is 0 Å². The van der Waals surface area contributed by atoms with E-state index in [0.29, 0.717) is 25.7 Å². The summed E-state index contributed by atoms with van der Waals surface area (Å²) in [7, 11) is 0. The van der Waals surface area contributed by atoms with Gasteiger partial charge in [0.25, 0.3) is 0 Å². The number of rotatable bonds is 15. The van der Waals surface area contributed by atoms with E-state index in [1.54, 1.807) is 0 Å². The highest BCUT2D eigenvalue weighted by atomic mass is 16.3. The summed E-state index contributed by atoms with van der Waals surface area (Å²) in [4.78, 5) is 23.5. The van der Waals surface area contributed by atoms with Crippen molar-refractivity contribution in [2.24, 2.45) is 0 Å². The first-order valence-corrected chi connectivity index (χ1v) is 11.3. The lowest BCUT2D eigenvalue weighted by molar-refractivity contribution is -0.124. The van der Waals surface area contributed by atoms with Crippen LogP contribution in [0.15, 0.2) is 23.5 Å². The second-order valence-corrected chi connectivity index (χ2v) is 7.86. The van der Waals surface area contributed by atoms with Crippen LogP contribution in [0.3, 0.4) is 0 Å². The second-order valence-electron chi connectivity index (χ2n) is 7.86. The fourth-order valence-corrected chi connectivity index (χ4v) is 3.63. The molecule has 1 aliphatic carbocycles. The fraction of sp³-hybridized carbons (Fsp3) is 0.750. The van der Waals surface area contributed by atoms with Crippen molar-refractivity contribution in [2.75, 3.05) is 0 Å². The molecule has 0 amide bonds. The Kier molecular flexibility index (Phi) is 13.7. The third-order valence-corrected chi connectivity index (χ3v) is 5.33. The Hall–Kier alpha value is -1.38. The highest BCUT2D eigenvalue weighted by molar-refractivity contribution is 6.21. The Labute approximate surface area is 166 Å². The normalized spacial score (nSPS) is 15.1. The number of allylic oxidation sites excluding steroid dienone is 4. The molecule has 0 aromatic carbocycles. The summed E-state index contributed by atoms with van der Waals surface area (Å²) in [6.07, 6.45) is 22.6. The van der Waals surface area contributed by atoms with Gasteiger partial charge in [-0.05, 0) is 38.5 Å². The molecule has 0 aromatic rings. The molecule has 1 N–H and O–H groups in total. The van der Waals surface area contributed by atoms with Gasteiger partial charge in [0, 0.05) is 19.3 Å². The maximum absolute atomic E-state index is 11.8. The van der Waals surface area contributed by atoms with Crippen LogP contribution in [-0.4, -0.2) is 16.7 Å². The third-order valence-electron chi connectivity index (χ3n) is 5.33. The van der Waals surface area contributed by atoms with E-state index >= 15 is 0 Å². The van der Waals surface area contributed by atoms with Crippen molar-refractivity contribution in [1.29, 1.82) is 0 Å². The summed E-state index contributed by atoms with van der Waals surface area (Å²) in [5.74, 6) is -0.310. The van der Waals surface area contributed by atoms with Gasteiger partial charge in [0.15, 0.2) is 11.6 Å². The smallest absolute Gasteiger partial charge is 0.169 e. The molecule has 0 atom stereocenters. The van der Waals surface area contributed by atoms with Gasteiger partial charge in [-0.3, -0.25) is 9.59 Å². The monoisotopic (exact) mass is 376 g/mol. The number of ketones is 2. The summed E-state index contributed by atoms with van der Waals surface area (Å²) in [5.41, 5.74) is 0.0942. The minimum atomic E-state index is -0.170. The number of unbranched alkanes of at least 4 members (excludes halogenated alkanes) is 11. The maximum atomic E-state index is 11.8. The van der Waals surface area contributed by atoms with Crippen molar-refractivity contribution in [3.8, 4) is 0 Å². The van der Waals surface area contributed by atoms with E-state index in [0.717, 1.165) is 25.7 Å². The van der Waals surface area contributed by atoms with Gasteiger partial charge in [-0.15, -0.1) is 0 Å². The average molecular weight is 377 g/mol. The molecule has 0 spiro atoms. The number of hydrogen-bond donors (Lipinski definition) is 1. The lowest BCUT2D eigenvalue weighted by Crippen LogP contribution is -2.20. The number of Topliss-reactive ketones (excluding diaryl/α,β-unsaturated/α-hetero) is 2. The van der Waals surface area contributed by atoms with Crippen molar-refractivity contribution in [2.45, 2.75) is 116 Å². The number of aliphatic hydroxyl groups excluding tert-OH is 1. The van der Waals surface area contributed by atoms with Gasteiger partial charge in [-0.2, -0.15) is 0 Å². The lowest BCUT2D eigenvalue weighted by atomic mass is 9.90. The molecule has 1 aliphatic rings. The average Bonchev–Trinajstić information content (AvgIpc) is 2.64. The largest absolute Gasteiger partial charge is 0.511 e. The van der Waals surface area contributed by atoms with E-state index in [1.165, 1.54) is 57.8 Å². The summed E-state index contributed by atoms with van der Waals surface area (Å²) in [6, 6.07) is 0. The van der Waals surface area contributed by atoms with E-state index in [2.05, 4.69) is 19.1 Å². The SMILES string of the molecule is CCCCCCCCC=CCCCCCCCC(O)=C1C(=O)CCCC1=O. The van der Waals surface area contributed by atoms with Gasteiger partial charge in [-0.1, -0.05) is 70.4 Å². The Morgan fingerprint density at radius 1 is 0.778 bits per heavy atom. The molecule has 154 valence electrons. The highest BCUT2D eigenvalue weighted by Gasteiger charge is 2.26. The Morgan fingerprint density at radius 3 is 1.81 bits per heavy atom. The maximum Gasteiger partial charge on any atom is 0.169 e. The first kappa shape index (κ1) is 23.7. The molecule has 27 heavy (non-hydrogen) atoms. The third kappa shape index (κ3) is 11.1. The molecule has 1 fully saturated rings. The molecule has 0 saturated heterocycles. The number of hydrogen-bond acceptors (Lipinski definition) is 3. The Balaban J connectivity index is 1.96. The van der Waals surface area contributed by atoms with Gasteiger partial charge in [0.2, 0.25) is 0 Å². The van der Waals surface area contributed by atoms with Crippen LogP contribution in [0.4, 0.5) is 0 Å². The van der Waals surface area contributed by atoms with Crippen LogP contribution in [0.5, 0.6) is 0 Å². The van der Waals surface area contributed by atoms with Crippen molar-refractivity contribution in [3.05, 3.63) is 23.5 Å².